The summed E-state index contributed by atoms with van der Waals surface area (Å²) >= 11 is 1.77. The van der Waals surface area contributed by atoms with E-state index in [1.165, 1.54) is 12.8 Å². The predicted octanol–water partition coefficient (Wildman–Crippen LogP) is 4.87. The lowest BCUT2D eigenvalue weighted by Gasteiger charge is -2.12. The molecule has 4 aromatic rings. The van der Waals surface area contributed by atoms with Crippen LogP contribution in [0.25, 0.3) is 16.7 Å². The van der Waals surface area contributed by atoms with Gasteiger partial charge in [0.15, 0.2) is 11.0 Å². The lowest BCUT2D eigenvalue weighted by molar-refractivity contribution is 0.711. The van der Waals surface area contributed by atoms with Crippen molar-refractivity contribution < 1.29 is 0 Å². The molecule has 0 aliphatic rings. The van der Waals surface area contributed by atoms with E-state index < -0.39 is 0 Å². The molecule has 0 spiro atoms. The highest BCUT2D eigenvalue weighted by molar-refractivity contribution is 7.99. The topological polar surface area (TPSA) is 48.5 Å². The SMILES string of the molecule is CCCCSc1nnc(Cn2c(C)nc3ccccc32)n1-c1ccccc1. The monoisotopic (exact) mass is 377 g/mol. The number of benzene rings is 2. The molecule has 0 unspecified atom stereocenters. The fourth-order valence-electron chi connectivity index (χ4n) is 3.18. The summed E-state index contributed by atoms with van der Waals surface area (Å²) < 4.78 is 4.38. The van der Waals surface area contributed by atoms with Gasteiger partial charge in [0.05, 0.1) is 17.6 Å². The number of hydrogen-bond acceptors (Lipinski definition) is 4. The number of aryl methyl sites for hydroxylation is 1. The van der Waals surface area contributed by atoms with Crippen molar-refractivity contribution in [1.29, 1.82) is 0 Å². The number of aromatic nitrogens is 5. The first-order chi connectivity index (χ1) is 13.3. The highest BCUT2D eigenvalue weighted by Crippen LogP contribution is 2.25. The molecule has 0 saturated carbocycles. The van der Waals surface area contributed by atoms with Gasteiger partial charge in [-0.3, -0.25) is 4.57 Å². The van der Waals surface area contributed by atoms with Gasteiger partial charge in [0.1, 0.15) is 5.82 Å². The van der Waals surface area contributed by atoms with E-state index in [0.29, 0.717) is 6.54 Å². The van der Waals surface area contributed by atoms with Crippen LogP contribution in [0.2, 0.25) is 0 Å². The molecular weight excluding hydrogens is 354 g/mol. The molecule has 6 heteroatoms. The predicted molar refractivity (Wildman–Crippen MR) is 111 cm³/mol. The van der Waals surface area contributed by atoms with Crippen LogP contribution in [0.15, 0.2) is 59.8 Å². The second kappa shape index (κ2) is 7.96. The molecule has 0 bridgehead atoms. The number of nitrogens with zero attached hydrogens (tertiary/aromatic N) is 5. The molecule has 5 nitrogen and oxygen atoms in total. The first-order valence-corrected chi connectivity index (χ1v) is 10.3. The van der Waals surface area contributed by atoms with Gasteiger partial charge in [-0.2, -0.15) is 0 Å². The second-order valence-corrected chi connectivity index (χ2v) is 7.57. The average molecular weight is 378 g/mol. The lowest BCUT2D eigenvalue weighted by Crippen LogP contribution is -2.09. The van der Waals surface area contributed by atoms with Gasteiger partial charge in [-0.1, -0.05) is 55.4 Å². The van der Waals surface area contributed by atoms with Crippen molar-refractivity contribution in [3.05, 3.63) is 66.2 Å². The molecule has 0 radical (unpaired) electrons. The number of rotatable bonds is 7. The van der Waals surface area contributed by atoms with Crippen LogP contribution in [-0.4, -0.2) is 30.1 Å². The Bertz CT molecular complexity index is 1040. The highest BCUT2D eigenvalue weighted by atomic mass is 32.2. The highest BCUT2D eigenvalue weighted by Gasteiger charge is 2.17. The third-order valence-electron chi connectivity index (χ3n) is 4.59. The molecule has 4 rings (SSSR count). The van der Waals surface area contributed by atoms with Gasteiger partial charge >= 0.3 is 0 Å². The van der Waals surface area contributed by atoms with E-state index in [4.69, 9.17) is 0 Å². The van der Waals surface area contributed by atoms with Crippen molar-refractivity contribution in [3.63, 3.8) is 0 Å². The van der Waals surface area contributed by atoms with E-state index in [-0.39, 0.29) is 0 Å². The van der Waals surface area contributed by atoms with Crippen LogP contribution in [0, 0.1) is 6.92 Å². The molecular formula is C21H23N5S. The summed E-state index contributed by atoms with van der Waals surface area (Å²) in [6.07, 6.45) is 2.35. The minimum atomic E-state index is 0.641. The van der Waals surface area contributed by atoms with Gasteiger partial charge in [-0.05, 0) is 37.6 Å². The summed E-state index contributed by atoms with van der Waals surface area (Å²) in [7, 11) is 0. The molecule has 0 atom stereocenters. The van der Waals surface area contributed by atoms with Crippen LogP contribution >= 0.6 is 11.8 Å². The molecule has 2 heterocycles. The Balaban J connectivity index is 1.75. The van der Waals surface area contributed by atoms with E-state index in [2.05, 4.69) is 61.6 Å². The Labute approximate surface area is 163 Å². The second-order valence-electron chi connectivity index (χ2n) is 6.51. The minimum absolute atomic E-state index is 0.641. The summed E-state index contributed by atoms with van der Waals surface area (Å²) in [5.74, 6) is 2.96. The van der Waals surface area contributed by atoms with Crippen molar-refractivity contribution in [2.24, 2.45) is 0 Å². The van der Waals surface area contributed by atoms with Gasteiger partial charge in [0.25, 0.3) is 0 Å². The molecule has 0 aliphatic carbocycles. The zero-order valence-corrected chi connectivity index (χ0v) is 16.5. The van der Waals surface area contributed by atoms with Crippen LogP contribution in [0.5, 0.6) is 0 Å². The fraction of sp³-hybridized carbons (Fsp3) is 0.286. The van der Waals surface area contributed by atoms with E-state index in [1.807, 2.05) is 31.2 Å². The molecule has 2 aromatic carbocycles. The maximum Gasteiger partial charge on any atom is 0.195 e. The van der Waals surface area contributed by atoms with Crippen molar-refractivity contribution in [1.82, 2.24) is 24.3 Å². The standard InChI is InChI=1S/C21H23N5S/c1-3-4-14-27-21-24-23-20(26(21)17-10-6-5-7-11-17)15-25-16(2)22-18-12-8-9-13-19(18)25/h5-13H,3-4,14-15H2,1-2H3. The van der Waals surface area contributed by atoms with E-state index in [0.717, 1.165) is 39.3 Å². The molecule has 0 saturated heterocycles. The van der Waals surface area contributed by atoms with Crippen molar-refractivity contribution in [2.75, 3.05) is 5.75 Å². The summed E-state index contributed by atoms with van der Waals surface area (Å²) in [6, 6.07) is 18.6. The third-order valence-corrected chi connectivity index (χ3v) is 5.60. The largest absolute Gasteiger partial charge is 0.320 e. The van der Waals surface area contributed by atoms with E-state index >= 15 is 0 Å². The van der Waals surface area contributed by atoms with Crippen LogP contribution < -0.4 is 0 Å². The van der Waals surface area contributed by atoms with Crippen LogP contribution in [0.4, 0.5) is 0 Å². The van der Waals surface area contributed by atoms with E-state index in [9.17, 15) is 0 Å². The van der Waals surface area contributed by atoms with Crippen LogP contribution in [0.1, 0.15) is 31.4 Å². The van der Waals surface area contributed by atoms with Gasteiger partial charge in [-0.25, -0.2) is 4.98 Å². The molecule has 0 aliphatic heterocycles. The first kappa shape index (κ1) is 17.8. The molecule has 0 N–H and O–H groups in total. The normalized spacial score (nSPS) is 11.3. The average Bonchev–Trinajstić information content (AvgIpc) is 3.24. The molecule has 0 amide bonds. The zero-order chi connectivity index (χ0) is 18.6. The Hall–Kier alpha value is -2.60. The molecule has 2 aromatic heterocycles. The van der Waals surface area contributed by atoms with Gasteiger partial charge in [0, 0.05) is 11.4 Å². The number of fused-ring (bicyclic) bond motifs is 1. The smallest absolute Gasteiger partial charge is 0.195 e. The maximum absolute atomic E-state index is 4.68. The van der Waals surface area contributed by atoms with Gasteiger partial charge in [-0.15, -0.1) is 10.2 Å². The number of imidazole rings is 1. The van der Waals surface area contributed by atoms with Crippen LogP contribution in [-0.2, 0) is 6.54 Å². The number of para-hydroxylation sites is 3. The Kier molecular flexibility index (Phi) is 5.25. The van der Waals surface area contributed by atoms with Crippen molar-refractivity contribution in [2.45, 2.75) is 38.4 Å². The molecule has 0 fully saturated rings. The number of unbranched alkanes of at least 4 members (excludes halogenated alkanes) is 1. The Morgan fingerprint density at radius 1 is 0.963 bits per heavy atom. The summed E-state index contributed by atoms with van der Waals surface area (Å²) in [4.78, 5) is 4.68. The molecule has 27 heavy (non-hydrogen) atoms. The van der Waals surface area contributed by atoms with Crippen molar-refractivity contribution in [3.8, 4) is 5.69 Å². The quantitative estimate of drug-likeness (QED) is 0.341. The molecule has 138 valence electrons. The zero-order valence-electron chi connectivity index (χ0n) is 15.7. The Morgan fingerprint density at radius 2 is 1.74 bits per heavy atom. The Morgan fingerprint density at radius 3 is 2.56 bits per heavy atom. The number of thioether (sulfide) groups is 1. The summed E-state index contributed by atoms with van der Waals surface area (Å²) in [5, 5.41) is 9.99. The number of hydrogen-bond donors (Lipinski definition) is 0. The van der Waals surface area contributed by atoms with E-state index in [1.54, 1.807) is 11.8 Å². The van der Waals surface area contributed by atoms with Gasteiger partial charge < -0.3 is 4.57 Å². The third kappa shape index (κ3) is 3.62. The maximum atomic E-state index is 4.68. The summed E-state index contributed by atoms with van der Waals surface area (Å²) in [5.41, 5.74) is 3.23. The minimum Gasteiger partial charge on any atom is -0.320 e. The van der Waals surface area contributed by atoms with Crippen LogP contribution in [0.3, 0.4) is 0 Å². The fourth-order valence-corrected chi connectivity index (χ4v) is 4.23. The van der Waals surface area contributed by atoms with Gasteiger partial charge in [0.2, 0.25) is 0 Å². The van der Waals surface area contributed by atoms with Crippen molar-refractivity contribution >= 4 is 22.8 Å². The lowest BCUT2D eigenvalue weighted by atomic mass is 10.3. The first-order valence-electron chi connectivity index (χ1n) is 9.32. The summed E-state index contributed by atoms with van der Waals surface area (Å²) in [6.45, 7) is 4.89.